The number of aromatic nitrogens is 2. The molecule has 0 saturated heterocycles. The number of rotatable bonds is 8. The molecule has 0 aliphatic rings. The van der Waals surface area contributed by atoms with E-state index in [1.165, 1.54) is 11.8 Å². The minimum Gasteiger partial charge on any atom is -0.324 e. The number of para-hydroxylation sites is 3. The van der Waals surface area contributed by atoms with Crippen LogP contribution in [-0.4, -0.2) is 21.2 Å². The van der Waals surface area contributed by atoms with Crippen LogP contribution in [0.4, 0.5) is 5.69 Å². The van der Waals surface area contributed by atoms with Crippen molar-refractivity contribution in [1.82, 2.24) is 9.55 Å². The van der Waals surface area contributed by atoms with Crippen LogP contribution in [0.15, 0.2) is 117 Å². The topological polar surface area (TPSA) is 64.0 Å². The molecule has 5 nitrogen and oxygen atoms in total. The first-order chi connectivity index (χ1) is 18.9. The number of amides is 1. The molecule has 4 aromatic carbocycles. The Balaban J connectivity index is 1.43. The molecule has 5 aromatic rings. The maximum absolute atomic E-state index is 13.7. The van der Waals surface area contributed by atoms with Gasteiger partial charge in [-0.25, -0.2) is 4.98 Å². The average molecular weight is 572 g/mol. The predicted octanol–water partition coefficient (Wildman–Crippen LogP) is 8.04. The van der Waals surface area contributed by atoms with E-state index < -0.39 is 0 Å². The number of nitrogens with zero attached hydrogens (tertiary/aromatic N) is 2. The molecule has 1 N–H and O–H groups in total. The number of hydrogen-bond acceptors (Lipinski definition) is 5. The van der Waals surface area contributed by atoms with Crippen LogP contribution in [-0.2, 0) is 4.79 Å². The van der Waals surface area contributed by atoms with Gasteiger partial charge in [-0.05, 0) is 66.1 Å². The molecule has 0 atom stereocenters. The fourth-order valence-corrected chi connectivity index (χ4v) is 6.04. The van der Waals surface area contributed by atoms with Gasteiger partial charge in [-0.1, -0.05) is 91.4 Å². The summed E-state index contributed by atoms with van der Waals surface area (Å²) >= 11 is 8.82. The van der Waals surface area contributed by atoms with Crippen LogP contribution in [0.1, 0.15) is 25.3 Å². The summed E-state index contributed by atoms with van der Waals surface area (Å²) in [7, 11) is 0. The molecule has 0 spiro atoms. The van der Waals surface area contributed by atoms with E-state index in [4.69, 9.17) is 16.6 Å². The fourth-order valence-electron chi connectivity index (χ4n) is 4.21. The third kappa shape index (κ3) is 6.22. The van der Waals surface area contributed by atoms with Crippen molar-refractivity contribution in [3.63, 3.8) is 0 Å². The minimum atomic E-state index is -0.185. The van der Waals surface area contributed by atoms with Crippen molar-refractivity contribution in [2.75, 3.05) is 11.1 Å². The molecule has 39 heavy (non-hydrogen) atoms. The highest BCUT2D eigenvalue weighted by molar-refractivity contribution is 8.00. The van der Waals surface area contributed by atoms with Gasteiger partial charge in [-0.2, -0.15) is 0 Å². The van der Waals surface area contributed by atoms with Crippen molar-refractivity contribution in [2.45, 2.75) is 34.7 Å². The molecule has 1 heterocycles. The highest BCUT2D eigenvalue weighted by atomic mass is 35.5. The van der Waals surface area contributed by atoms with E-state index in [1.54, 1.807) is 22.4 Å². The smallest absolute Gasteiger partial charge is 0.266 e. The minimum absolute atomic E-state index is 0.0918. The quantitative estimate of drug-likeness (QED) is 0.151. The number of halogens is 1. The monoisotopic (exact) mass is 571 g/mol. The lowest BCUT2D eigenvalue weighted by Gasteiger charge is -2.18. The Morgan fingerprint density at radius 2 is 1.62 bits per heavy atom. The number of anilines is 1. The van der Waals surface area contributed by atoms with Gasteiger partial charge in [0.1, 0.15) is 0 Å². The van der Waals surface area contributed by atoms with E-state index in [2.05, 4.69) is 19.2 Å². The third-order valence-electron chi connectivity index (χ3n) is 6.08. The molecule has 8 heteroatoms. The van der Waals surface area contributed by atoms with Gasteiger partial charge >= 0.3 is 0 Å². The van der Waals surface area contributed by atoms with Crippen molar-refractivity contribution in [3.8, 4) is 5.69 Å². The molecular weight excluding hydrogens is 546 g/mol. The number of thioether (sulfide) groups is 1. The second kappa shape index (κ2) is 12.1. The summed E-state index contributed by atoms with van der Waals surface area (Å²) in [4.78, 5) is 33.6. The molecule has 0 aliphatic heterocycles. The number of benzene rings is 4. The fraction of sp³-hybridized carbons (Fsp3) is 0.129. The van der Waals surface area contributed by atoms with Gasteiger partial charge in [0.25, 0.3) is 5.56 Å². The van der Waals surface area contributed by atoms with Gasteiger partial charge in [-0.3, -0.25) is 14.2 Å². The second-order valence-electron chi connectivity index (χ2n) is 9.15. The summed E-state index contributed by atoms with van der Waals surface area (Å²) in [6.45, 7) is 4.19. The van der Waals surface area contributed by atoms with Crippen molar-refractivity contribution < 1.29 is 4.79 Å². The second-order valence-corrected chi connectivity index (χ2v) is 11.6. The van der Waals surface area contributed by atoms with Crippen LogP contribution >= 0.6 is 35.1 Å². The zero-order valence-corrected chi connectivity index (χ0v) is 23.8. The number of carbonyl (C=O) groups is 1. The van der Waals surface area contributed by atoms with Crippen LogP contribution in [0.2, 0.25) is 5.02 Å². The van der Waals surface area contributed by atoms with Crippen LogP contribution in [0.3, 0.4) is 0 Å². The lowest BCUT2D eigenvalue weighted by Crippen LogP contribution is -2.24. The molecule has 1 amide bonds. The van der Waals surface area contributed by atoms with E-state index in [9.17, 15) is 9.59 Å². The highest BCUT2D eigenvalue weighted by Crippen LogP contribution is 2.34. The Bertz CT molecular complexity index is 1700. The van der Waals surface area contributed by atoms with Crippen molar-refractivity contribution in [2.24, 2.45) is 0 Å². The molecule has 0 fully saturated rings. The molecule has 0 bridgehead atoms. The van der Waals surface area contributed by atoms with Crippen molar-refractivity contribution in [1.29, 1.82) is 0 Å². The molecule has 5 rings (SSSR count). The zero-order chi connectivity index (χ0) is 27.4. The van der Waals surface area contributed by atoms with E-state index in [1.807, 2.05) is 91.0 Å². The number of carbonyl (C=O) groups excluding carboxylic acids is 1. The first kappa shape index (κ1) is 27.1. The van der Waals surface area contributed by atoms with Gasteiger partial charge in [0.15, 0.2) is 5.16 Å². The standard InChI is InChI=1S/C31H26ClN3O2S2/c1-20(2)23-9-4-7-13-27(23)35-30(37)24-10-3-5-11-25(24)34-31(35)38-19-29(36)33-26-12-6-8-14-28(26)39-22-17-15-21(32)16-18-22/h3-18,20H,19H2,1-2H3,(H,33,36). The Morgan fingerprint density at radius 3 is 2.41 bits per heavy atom. The van der Waals surface area contributed by atoms with Crippen LogP contribution in [0.25, 0.3) is 16.6 Å². The van der Waals surface area contributed by atoms with E-state index in [0.717, 1.165) is 26.7 Å². The summed E-state index contributed by atoms with van der Waals surface area (Å²) < 4.78 is 1.64. The third-order valence-corrected chi connectivity index (χ3v) is 8.35. The molecule has 1 aromatic heterocycles. The van der Waals surface area contributed by atoms with Gasteiger partial charge in [0.05, 0.1) is 28.0 Å². The maximum atomic E-state index is 13.7. The van der Waals surface area contributed by atoms with Crippen LogP contribution in [0, 0.1) is 0 Å². The summed E-state index contributed by atoms with van der Waals surface area (Å²) in [5, 5.41) is 4.72. The van der Waals surface area contributed by atoms with E-state index in [0.29, 0.717) is 21.1 Å². The normalized spacial score (nSPS) is 11.2. The number of fused-ring (bicyclic) bond motifs is 1. The SMILES string of the molecule is CC(C)c1ccccc1-n1c(SCC(=O)Nc2ccccc2Sc2ccc(Cl)cc2)nc2ccccc2c1=O. The first-order valence-electron chi connectivity index (χ1n) is 12.5. The van der Waals surface area contributed by atoms with Crippen molar-refractivity contribution >= 4 is 57.6 Å². The first-order valence-corrected chi connectivity index (χ1v) is 14.6. The Labute approximate surface area is 240 Å². The van der Waals surface area contributed by atoms with Gasteiger partial charge < -0.3 is 5.32 Å². The van der Waals surface area contributed by atoms with Crippen LogP contribution < -0.4 is 10.9 Å². The largest absolute Gasteiger partial charge is 0.324 e. The van der Waals surface area contributed by atoms with Gasteiger partial charge in [0, 0.05) is 14.8 Å². The number of hydrogen-bond donors (Lipinski definition) is 1. The van der Waals surface area contributed by atoms with Gasteiger partial charge in [0.2, 0.25) is 5.91 Å². The Hall–Kier alpha value is -3.52. The maximum Gasteiger partial charge on any atom is 0.266 e. The predicted molar refractivity (Wildman–Crippen MR) is 163 cm³/mol. The molecular formula is C31H26ClN3O2S2. The molecule has 0 aliphatic carbocycles. The van der Waals surface area contributed by atoms with Crippen LogP contribution in [0.5, 0.6) is 0 Å². The Morgan fingerprint density at radius 1 is 0.923 bits per heavy atom. The number of nitrogens with one attached hydrogen (secondary N) is 1. The highest BCUT2D eigenvalue weighted by Gasteiger charge is 2.18. The molecule has 0 unspecified atom stereocenters. The zero-order valence-electron chi connectivity index (χ0n) is 21.4. The summed E-state index contributed by atoms with van der Waals surface area (Å²) in [6, 6.07) is 30.4. The summed E-state index contributed by atoms with van der Waals surface area (Å²) in [5.41, 5.74) is 2.99. The molecule has 0 radical (unpaired) electrons. The summed E-state index contributed by atoms with van der Waals surface area (Å²) in [5.74, 6) is 0.111. The summed E-state index contributed by atoms with van der Waals surface area (Å²) in [6.07, 6.45) is 0. The van der Waals surface area contributed by atoms with Gasteiger partial charge in [-0.15, -0.1) is 0 Å². The van der Waals surface area contributed by atoms with E-state index in [-0.39, 0.29) is 23.1 Å². The molecule has 196 valence electrons. The lowest BCUT2D eigenvalue weighted by molar-refractivity contribution is -0.113. The van der Waals surface area contributed by atoms with E-state index >= 15 is 0 Å². The Kier molecular flexibility index (Phi) is 8.41. The lowest BCUT2D eigenvalue weighted by atomic mass is 10.0. The van der Waals surface area contributed by atoms with Crippen molar-refractivity contribution in [3.05, 3.63) is 118 Å². The molecule has 0 saturated carbocycles. The average Bonchev–Trinajstić information content (AvgIpc) is 2.94.